The van der Waals surface area contributed by atoms with Crippen LogP contribution in [-0.4, -0.2) is 25.9 Å². The zero-order valence-electron chi connectivity index (χ0n) is 9.02. The molecule has 1 heterocycles. The molecule has 8 heteroatoms. The van der Waals surface area contributed by atoms with Crippen molar-refractivity contribution in [2.45, 2.75) is 0 Å². The first kappa shape index (κ1) is 11.2. The lowest BCUT2D eigenvalue weighted by atomic mass is 10.3. The average molecular weight is 238 g/mol. The second kappa shape index (κ2) is 5.18. The summed E-state index contributed by atoms with van der Waals surface area (Å²) in [4.78, 5) is 0. The summed E-state index contributed by atoms with van der Waals surface area (Å²) in [5.41, 5.74) is 3.80. The van der Waals surface area contributed by atoms with Crippen molar-refractivity contribution in [2.24, 2.45) is 5.10 Å². The third-order valence-corrected chi connectivity index (χ3v) is 1.99. The van der Waals surface area contributed by atoms with E-state index in [0.717, 1.165) is 5.69 Å². The van der Waals surface area contributed by atoms with Gasteiger partial charge in [0, 0.05) is 0 Å². The van der Waals surface area contributed by atoms with E-state index in [4.69, 9.17) is 10.5 Å². The number of hydrogen-bond donors (Lipinski definition) is 1. The molecule has 1 N–H and O–H groups in total. The van der Waals surface area contributed by atoms with Gasteiger partial charge in [0.2, 0.25) is 5.71 Å². The molecule has 0 unspecified atom stereocenters. The van der Waals surface area contributed by atoms with E-state index in [0.29, 0.717) is 5.69 Å². The predicted octanol–water partition coefficient (Wildman–Crippen LogP) is 0.477. The van der Waals surface area contributed by atoms with Crippen LogP contribution in [0.4, 0.5) is 5.69 Å². The third-order valence-electron chi connectivity index (χ3n) is 1.99. The number of nitrogens with zero attached hydrogens (tertiary/aromatic N) is 7. The van der Waals surface area contributed by atoms with Crippen LogP contribution in [0.5, 0.6) is 0 Å². The van der Waals surface area contributed by atoms with Crippen molar-refractivity contribution >= 4 is 11.4 Å². The van der Waals surface area contributed by atoms with Crippen LogP contribution >= 0.6 is 0 Å². The molecule has 0 saturated heterocycles. The molecule has 0 radical (unpaired) electrons. The second-order valence-electron chi connectivity index (χ2n) is 3.10. The summed E-state index contributed by atoms with van der Waals surface area (Å²) < 4.78 is 1.50. The Bertz CT molecular complexity index is 610. The summed E-state index contributed by atoms with van der Waals surface area (Å²) >= 11 is 0. The Labute approximate surface area is 102 Å². The fourth-order valence-electron chi connectivity index (χ4n) is 1.16. The summed E-state index contributed by atoms with van der Waals surface area (Å²) in [7, 11) is 0. The van der Waals surface area contributed by atoms with Gasteiger partial charge in [0.1, 0.15) is 18.5 Å². The van der Waals surface area contributed by atoms with Crippen molar-refractivity contribution < 1.29 is 0 Å². The number of nitrogens with one attached hydrogen (secondary N) is 1. The first-order valence-corrected chi connectivity index (χ1v) is 4.81. The highest BCUT2D eigenvalue weighted by atomic mass is 15.5. The molecule has 2 rings (SSSR count). The topological polar surface area (TPSA) is 116 Å². The van der Waals surface area contributed by atoms with Gasteiger partial charge < -0.3 is 0 Å². The molecule has 0 atom stereocenters. The molecular weight excluding hydrogens is 232 g/mol. The molecule has 2 aromatic rings. The predicted molar refractivity (Wildman–Crippen MR) is 61.4 cm³/mol. The lowest BCUT2D eigenvalue weighted by Gasteiger charge is -2.02. The number of hydrazone groups is 1. The standard InChI is InChI=1S/C10H6N8/c11-5-9(6-12)15-14-8-1-3-10(4-2-8)18-7-13-16-17-18/h1-4,7,14H. The molecule has 0 fully saturated rings. The minimum atomic E-state index is -0.237. The van der Waals surface area contributed by atoms with Gasteiger partial charge in [-0.3, -0.25) is 5.43 Å². The van der Waals surface area contributed by atoms with Gasteiger partial charge >= 0.3 is 0 Å². The van der Waals surface area contributed by atoms with Crippen LogP contribution < -0.4 is 5.43 Å². The van der Waals surface area contributed by atoms with Crippen molar-refractivity contribution in [3.8, 4) is 17.8 Å². The van der Waals surface area contributed by atoms with E-state index in [9.17, 15) is 0 Å². The van der Waals surface area contributed by atoms with Crippen LogP contribution in [-0.2, 0) is 0 Å². The van der Waals surface area contributed by atoms with Crippen LogP contribution in [0, 0.1) is 22.7 Å². The quantitative estimate of drug-likeness (QED) is 0.614. The highest BCUT2D eigenvalue weighted by Crippen LogP contribution is 2.11. The zero-order chi connectivity index (χ0) is 12.8. The summed E-state index contributed by atoms with van der Waals surface area (Å²) in [5, 5.41) is 31.4. The van der Waals surface area contributed by atoms with Gasteiger partial charge in [-0.2, -0.15) is 15.6 Å². The van der Waals surface area contributed by atoms with Gasteiger partial charge in [0.05, 0.1) is 11.4 Å². The van der Waals surface area contributed by atoms with E-state index < -0.39 is 0 Å². The fraction of sp³-hybridized carbons (Fsp3) is 0. The van der Waals surface area contributed by atoms with Gasteiger partial charge in [-0.1, -0.05) is 0 Å². The molecule has 0 aliphatic heterocycles. The van der Waals surface area contributed by atoms with Crippen LogP contribution in [0.15, 0.2) is 35.7 Å². The number of tetrazole rings is 1. The Kier molecular flexibility index (Phi) is 3.24. The zero-order valence-corrected chi connectivity index (χ0v) is 9.02. The smallest absolute Gasteiger partial charge is 0.237 e. The highest BCUT2D eigenvalue weighted by molar-refractivity contribution is 6.10. The Morgan fingerprint density at radius 3 is 2.50 bits per heavy atom. The molecule has 18 heavy (non-hydrogen) atoms. The van der Waals surface area contributed by atoms with E-state index in [1.54, 1.807) is 36.4 Å². The van der Waals surface area contributed by atoms with Crippen molar-refractivity contribution in [2.75, 3.05) is 5.43 Å². The van der Waals surface area contributed by atoms with E-state index in [-0.39, 0.29) is 5.71 Å². The highest BCUT2D eigenvalue weighted by Gasteiger charge is 1.98. The maximum Gasteiger partial charge on any atom is 0.237 e. The van der Waals surface area contributed by atoms with Crippen LogP contribution in [0.3, 0.4) is 0 Å². The summed E-state index contributed by atoms with van der Waals surface area (Å²) in [6.07, 6.45) is 1.48. The Morgan fingerprint density at radius 1 is 1.22 bits per heavy atom. The lowest BCUT2D eigenvalue weighted by Crippen LogP contribution is -1.98. The van der Waals surface area contributed by atoms with Gasteiger partial charge in [-0.25, -0.2) is 4.68 Å². The van der Waals surface area contributed by atoms with E-state index >= 15 is 0 Å². The Morgan fingerprint density at radius 2 is 1.94 bits per heavy atom. The average Bonchev–Trinajstić information content (AvgIpc) is 2.94. The number of rotatable bonds is 3. The molecule has 1 aromatic heterocycles. The molecule has 0 saturated carbocycles. The minimum Gasteiger partial charge on any atom is -0.277 e. The summed E-state index contributed by atoms with van der Waals surface area (Å²) in [5.74, 6) is 0. The molecular formula is C10H6N8. The van der Waals surface area contributed by atoms with E-state index in [2.05, 4.69) is 26.1 Å². The SMILES string of the molecule is N#CC(C#N)=NNc1ccc(-n2cnnn2)cc1. The van der Waals surface area contributed by atoms with E-state index in [1.807, 2.05) is 0 Å². The van der Waals surface area contributed by atoms with Crippen LogP contribution in [0.2, 0.25) is 0 Å². The Balaban J connectivity index is 2.12. The molecule has 8 nitrogen and oxygen atoms in total. The number of benzene rings is 1. The Hall–Kier alpha value is -3.26. The molecule has 0 spiro atoms. The summed E-state index contributed by atoms with van der Waals surface area (Å²) in [6.45, 7) is 0. The molecule has 0 bridgehead atoms. The fourth-order valence-corrected chi connectivity index (χ4v) is 1.16. The lowest BCUT2D eigenvalue weighted by molar-refractivity contribution is 0.789. The number of anilines is 1. The molecule has 0 aliphatic carbocycles. The number of nitriles is 2. The monoisotopic (exact) mass is 238 g/mol. The van der Waals surface area contributed by atoms with Crippen molar-refractivity contribution in [3.63, 3.8) is 0 Å². The molecule has 0 aliphatic rings. The van der Waals surface area contributed by atoms with Crippen molar-refractivity contribution in [1.82, 2.24) is 20.2 Å². The van der Waals surface area contributed by atoms with Crippen LogP contribution in [0.1, 0.15) is 0 Å². The second-order valence-corrected chi connectivity index (χ2v) is 3.10. The van der Waals surface area contributed by atoms with Crippen LogP contribution in [0.25, 0.3) is 5.69 Å². The molecule has 0 amide bonds. The van der Waals surface area contributed by atoms with Gasteiger partial charge in [-0.05, 0) is 34.7 Å². The summed E-state index contributed by atoms with van der Waals surface area (Å²) in [6, 6.07) is 10.3. The first-order valence-electron chi connectivity index (χ1n) is 4.81. The maximum atomic E-state index is 8.50. The molecule has 1 aromatic carbocycles. The van der Waals surface area contributed by atoms with Crippen molar-refractivity contribution in [1.29, 1.82) is 10.5 Å². The molecule has 86 valence electrons. The van der Waals surface area contributed by atoms with Gasteiger partial charge in [0.25, 0.3) is 0 Å². The van der Waals surface area contributed by atoms with Gasteiger partial charge in [0.15, 0.2) is 0 Å². The van der Waals surface area contributed by atoms with E-state index in [1.165, 1.54) is 11.0 Å². The largest absolute Gasteiger partial charge is 0.277 e. The maximum absolute atomic E-state index is 8.50. The number of aromatic nitrogens is 4. The van der Waals surface area contributed by atoms with Crippen molar-refractivity contribution in [3.05, 3.63) is 30.6 Å². The third kappa shape index (κ3) is 2.46. The minimum absolute atomic E-state index is 0.237. The van der Waals surface area contributed by atoms with Gasteiger partial charge in [-0.15, -0.1) is 5.10 Å². The normalized spacial score (nSPS) is 9.00. The first-order chi connectivity index (χ1) is 8.83. The number of hydrogen-bond acceptors (Lipinski definition) is 7.